The summed E-state index contributed by atoms with van der Waals surface area (Å²) in [5, 5.41) is 34.9. The first kappa shape index (κ1) is 28.3. The summed E-state index contributed by atoms with van der Waals surface area (Å²) >= 11 is 0. The summed E-state index contributed by atoms with van der Waals surface area (Å²) in [5.41, 5.74) is -0.263. The molecule has 0 aliphatic heterocycles. The van der Waals surface area contributed by atoms with Gasteiger partial charge < -0.3 is 20.6 Å². The van der Waals surface area contributed by atoms with Crippen LogP contribution in [0.4, 0.5) is 0 Å². The van der Waals surface area contributed by atoms with E-state index in [1.807, 2.05) is 0 Å². The molecule has 208 valence electrons. The van der Waals surface area contributed by atoms with E-state index < -0.39 is 27.6 Å². The highest BCUT2D eigenvalue weighted by Crippen LogP contribution is 2.68. The van der Waals surface area contributed by atoms with E-state index in [0.29, 0.717) is 18.8 Å². The summed E-state index contributed by atoms with van der Waals surface area (Å²) in [6.45, 7) is 7.91. The highest BCUT2D eigenvalue weighted by molar-refractivity contribution is 7.86. The van der Waals surface area contributed by atoms with E-state index in [2.05, 4.69) is 26.1 Å². The average Bonchev–Trinajstić information content (AvgIpc) is 3.15. The van der Waals surface area contributed by atoms with E-state index in [9.17, 15) is 28.5 Å². The Morgan fingerprint density at radius 3 is 2.39 bits per heavy atom. The van der Waals surface area contributed by atoms with Gasteiger partial charge in [-0.25, -0.2) is 0 Å². The van der Waals surface area contributed by atoms with Gasteiger partial charge in [0.1, 0.15) is 5.25 Å². The summed E-state index contributed by atoms with van der Waals surface area (Å²) in [6, 6.07) is 0. The van der Waals surface area contributed by atoms with Gasteiger partial charge in [-0.3, -0.25) is 9.35 Å². The fourth-order valence-electron chi connectivity index (χ4n) is 9.14. The lowest BCUT2D eigenvalue weighted by Gasteiger charge is -2.63. The monoisotopic (exact) mass is 529 g/mol. The molecule has 5 unspecified atom stereocenters. The van der Waals surface area contributed by atoms with Crippen molar-refractivity contribution in [2.24, 2.45) is 46.3 Å². The molecule has 4 saturated carbocycles. The molecule has 8 nitrogen and oxygen atoms in total. The molecule has 1 amide bonds. The Bertz CT molecular complexity index is 927. The number of aliphatic hydroxyl groups excluding tert-OH is 3. The van der Waals surface area contributed by atoms with Crippen LogP contribution in [-0.2, 0) is 14.9 Å². The van der Waals surface area contributed by atoms with Crippen LogP contribution < -0.4 is 5.32 Å². The smallest absolute Gasteiger partial charge is 0.269 e. The fraction of sp³-hybridized carbons (Fsp3) is 0.963. The van der Waals surface area contributed by atoms with Gasteiger partial charge in [0.2, 0.25) is 5.91 Å². The number of carbonyl (C=O) groups excluding carboxylic acids is 1. The summed E-state index contributed by atoms with van der Waals surface area (Å²) in [4.78, 5) is 12.4. The van der Waals surface area contributed by atoms with Crippen molar-refractivity contribution in [1.29, 1.82) is 0 Å². The topological polar surface area (TPSA) is 144 Å². The lowest BCUT2D eigenvalue weighted by Crippen LogP contribution is -2.62. The van der Waals surface area contributed by atoms with E-state index >= 15 is 0 Å². The van der Waals surface area contributed by atoms with Crippen LogP contribution in [0.25, 0.3) is 0 Å². The third-order valence-corrected chi connectivity index (χ3v) is 12.6. The van der Waals surface area contributed by atoms with Crippen molar-refractivity contribution in [1.82, 2.24) is 5.32 Å². The van der Waals surface area contributed by atoms with Gasteiger partial charge in [0.05, 0.1) is 18.3 Å². The molecule has 0 spiro atoms. The number of fused-ring (bicyclic) bond motifs is 5. The number of aliphatic hydroxyl groups is 3. The van der Waals surface area contributed by atoms with E-state index in [1.54, 1.807) is 0 Å². The van der Waals surface area contributed by atoms with Crippen LogP contribution in [0.5, 0.6) is 0 Å². The van der Waals surface area contributed by atoms with Gasteiger partial charge in [0.25, 0.3) is 10.1 Å². The van der Waals surface area contributed by atoms with Gasteiger partial charge in [-0.15, -0.1) is 0 Å². The van der Waals surface area contributed by atoms with Crippen molar-refractivity contribution in [3.63, 3.8) is 0 Å². The first-order chi connectivity index (χ1) is 16.7. The van der Waals surface area contributed by atoms with Crippen LogP contribution in [0.3, 0.4) is 0 Å². The van der Waals surface area contributed by atoms with Gasteiger partial charge in [-0.2, -0.15) is 8.42 Å². The van der Waals surface area contributed by atoms with Crippen molar-refractivity contribution in [2.45, 2.75) is 109 Å². The molecule has 0 bridgehead atoms. The highest BCUT2D eigenvalue weighted by atomic mass is 32.2. The zero-order valence-corrected chi connectivity index (χ0v) is 23.1. The fourth-order valence-corrected chi connectivity index (χ4v) is 9.44. The molecule has 12 atom stereocenters. The summed E-state index contributed by atoms with van der Waals surface area (Å²) < 4.78 is 31.4. The molecule has 0 aromatic carbocycles. The number of carbonyl (C=O) groups is 1. The Labute approximate surface area is 216 Å². The van der Waals surface area contributed by atoms with E-state index in [1.165, 1.54) is 6.92 Å². The Hall–Kier alpha value is -0.740. The van der Waals surface area contributed by atoms with Crippen molar-refractivity contribution in [3.05, 3.63) is 0 Å². The third kappa shape index (κ3) is 4.88. The predicted octanol–water partition coefficient (Wildman–Crippen LogP) is 2.76. The minimum absolute atomic E-state index is 0.0480. The normalized spacial score (nSPS) is 46.2. The molecule has 4 aliphatic carbocycles. The van der Waals surface area contributed by atoms with E-state index in [4.69, 9.17) is 4.55 Å². The van der Waals surface area contributed by atoms with Crippen LogP contribution in [0, 0.1) is 46.3 Å². The Kier molecular flexibility index (Phi) is 7.93. The van der Waals surface area contributed by atoms with Gasteiger partial charge >= 0.3 is 0 Å². The molecular weight excluding hydrogens is 482 g/mol. The largest absolute Gasteiger partial charge is 0.393 e. The zero-order valence-electron chi connectivity index (χ0n) is 22.3. The van der Waals surface area contributed by atoms with Crippen molar-refractivity contribution in [3.8, 4) is 0 Å². The first-order valence-corrected chi connectivity index (χ1v) is 15.5. The van der Waals surface area contributed by atoms with Crippen LogP contribution in [0.15, 0.2) is 0 Å². The Balaban J connectivity index is 1.43. The second-order valence-corrected chi connectivity index (χ2v) is 15.0. The van der Waals surface area contributed by atoms with E-state index in [-0.39, 0.29) is 65.4 Å². The van der Waals surface area contributed by atoms with Gasteiger partial charge in [0.15, 0.2) is 0 Å². The number of hydrogen-bond donors (Lipinski definition) is 5. The maximum absolute atomic E-state index is 12.4. The summed E-state index contributed by atoms with van der Waals surface area (Å²) in [7, 11) is -4.17. The van der Waals surface area contributed by atoms with Crippen LogP contribution in [0.1, 0.15) is 85.5 Å². The highest BCUT2D eigenvalue weighted by Gasteiger charge is 2.65. The third-order valence-electron chi connectivity index (χ3n) is 11.4. The van der Waals surface area contributed by atoms with Crippen molar-refractivity contribution < 1.29 is 33.1 Å². The quantitative estimate of drug-likeness (QED) is 0.319. The standard InChI is InChI=1S/C27H47NO7S/c1-15(5-8-24(32)28-14-16(2)36(33,34)35)19-6-7-20-25-21(13-23(31)27(19,20)4)26(3)10-9-18(29)11-17(26)12-22(25)30/h15-23,25,29-31H,5-14H2,1-4H3,(H,28,32)(H,33,34,35)/t15-,16?,17?,18-,19-,20?,21?,22-,23+,25?,26+,27-/m1/s1. The molecule has 36 heavy (non-hydrogen) atoms. The molecule has 4 aliphatic rings. The predicted molar refractivity (Wildman–Crippen MR) is 136 cm³/mol. The number of hydrogen-bond acceptors (Lipinski definition) is 6. The molecule has 4 fully saturated rings. The second kappa shape index (κ2) is 10.1. The number of nitrogens with one attached hydrogen (secondary N) is 1. The average molecular weight is 530 g/mol. The lowest BCUT2D eigenvalue weighted by molar-refractivity contribution is -0.207. The molecule has 9 heteroatoms. The van der Waals surface area contributed by atoms with Gasteiger partial charge in [-0.1, -0.05) is 20.8 Å². The molecule has 0 aromatic rings. The molecule has 0 heterocycles. The molecule has 0 aromatic heterocycles. The number of rotatable bonds is 7. The zero-order chi connectivity index (χ0) is 26.6. The van der Waals surface area contributed by atoms with Crippen LogP contribution in [-0.4, -0.2) is 64.3 Å². The van der Waals surface area contributed by atoms with Crippen molar-refractivity contribution >= 4 is 16.0 Å². The van der Waals surface area contributed by atoms with E-state index in [0.717, 1.165) is 38.5 Å². The summed E-state index contributed by atoms with van der Waals surface area (Å²) in [5.74, 6) is 1.17. The Morgan fingerprint density at radius 1 is 1.03 bits per heavy atom. The van der Waals surface area contributed by atoms with Crippen LogP contribution in [0.2, 0.25) is 0 Å². The molecular formula is C27H47NO7S. The molecule has 5 N–H and O–H groups in total. The number of amides is 1. The molecule has 0 radical (unpaired) electrons. The lowest BCUT2D eigenvalue weighted by atomic mass is 9.43. The molecule has 0 saturated heterocycles. The first-order valence-electron chi connectivity index (χ1n) is 14.0. The Morgan fingerprint density at radius 2 is 1.72 bits per heavy atom. The minimum atomic E-state index is -4.17. The molecule has 4 rings (SSSR count). The SMILES string of the molecule is CC(CNC(=O)CC[C@@H](C)[C@H]1CCC2C3C(C[C@H](O)[C@@]21C)[C@@]1(C)CC[C@@H](O)CC1C[C@H]3O)S(=O)(=O)O. The minimum Gasteiger partial charge on any atom is -0.393 e. The second-order valence-electron chi connectivity index (χ2n) is 13.2. The summed E-state index contributed by atoms with van der Waals surface area (Å²) in [6.07, 6.45) is 5.63. The van der Waals surface area contributed by atoms with Crippen LogP contribution >= 0.6 is 0 Å². The van der Waals surface area contributed by atoms with Gasteiger partial charge in [-0.05, 0) is 105 Å². The maximum Gasteiger partial charge on any atom is 0.269 e. The van der Waals surface area contributed by atoms with Crippen molar-refractivity contribution in [2.75, 3.05) is 6.54 Å². The van der Waals surface area contributed by atoms with Gasteiger partial charge in [0, 0.05) is 13.0 Å². The maximum atomic E-state index is 12.4.